The summed E-state index contributed by atoms with van der Waals surface area (Å²) < 4.78 is 32.9. The topological polar surface area (TPSA) is 103 Å². The van der Waals surface area contributed by atoms with E-state index in [1.165, 1.54) is 16.4 Å². The van der Waals surface area contributed by atoms with Gasteiger partial charge in [0, 0.05) is 25.6 Å². The highest BCUT2D eigenvalue weighted by molar-refractivity contribution is 7.89. The molecule has 35 heavy (non-hydrogen) atoms. The third-order valence-corrected chi connectivity index (χ3v) is 8.94. The number of nitriles is 1. The number of nitrogens with one attached hydrogen (secondary N) is 1. The molecule has 0 spiro atoms. The van der Waals surface area contributed by atoms with E-state index in [4.69, 9.17) is 4.74 Å². The smallest absolute Gasteiger partial charge is 0.244 e. The molecule has 2 aliphatic rings. The SMILES string of the molecule is COc1cccc(C(CNC(=O)C2CCN(S(=O)(=O)c3ccccc3C#N)CC2)N2CCCC2)c1. The molecule has 0 aliphatic carbocycles. The predicted molar refractivity (Wildman–Crippen MR) is 132 cm³/mol. The van der Waals surface area contributed by atoms with Gasteiger partial charge in [0.15, 0.2) is 0 Å². The molecule has 8 nitrogen and oxygen atoms in total. The van der Waals surface area contributed by atoms with Gasteiger partial charge in [-0.05, 0) is 68.6 Å². The van der Waals surface area contributed by atoms with Crippen molar-refractivity contribution in [2.45, 2.75) is 36.6 Å². The number of ether oxygens (including phenoxy) is 1. The molecule has 2 aromatic carbocycles. The van der Waals surface area contributed by atoms with Gasteiger partial charge in [-0.15, -0.1) is 0 Å². The highest BCUT2D eigenvalue weighted by Gasteiger charge is 2.34. The molecule has 1 unspecified atom stereocenters. The number of carbonyl (C=O) groups is 1. The number of benzene rings is 2. The van der Waals surface area contributed by atoms with E-state index in [0.29, 0.717) is 19.4 Å². The second-order valence-electron chi connectivity index (χ2n) is 9.07. The van der Waals surface area contributed by atoms with Crippen molar-refractivity contribution in [2.24, 2.45) is 5.92 Å². The molecule has 2 heterocycles. The fourth-order valence-electron chi connectivity index (χ4n) is 4.98. The Hall–Kier alpha value is -2.93. The van der Waals surface area contributed by atoms with E-state index < -0.39 is 10.0 Å². The average molecular weight is 497 g/mol. The molecule has 0 aromatic heterocycles. The first-order valence-electron chi connectivity index (χ1n) is 12.1. The Morgan fingerprint density at radius 2 is 1.83 bits per heavy atom. The number of hydrogen-bond donors (Lipinski definition) is 1. The lowest BCUT2D eigenvalue weighted by Gasteiger charge is -2.32. The summed E-state index contributed by atoms with van der Waals surface area (Å²) in [5.41, 5.74) is 1.25. The Balaban J connectivity index is 1.38. The van der Waals surface area contributed by atoms with Gasteiger partial charge >= 0.3 is 0 Å². The summed E-state index contributed by atoms with van der Waals surface area (Å²) in [6, 6.07) is 16.2. The summed E-state index contributed by atoms with van der Waals surface area (Å²) in [6.07, 6.45) is 3.20. The summed E-state index contributed by atoms with van der Waals surface area (Å²) in [6.45, 7) is 3.01. The first kappa shape index (κ1) is 25.2. The van der Waals surface area contributed by atoms with Crippen LogP contribution in [-0.4, -0.2) is 63.4 Å². The Morgan fingerprint density at radius 1 is 1.11 bits per heavy atom. The molecule has 1 atom stereocenters. The van der Waals surface area contributed by atoms with Gasteiger partial charge in [-0.1, -0.05) is 24.3 Å². The highest BCUT2D eigenvalue weighted by atomic mass is 32.2. The van der Waals surface area contributed by atoms with Crippen LogP contribution in [0.1, 0.15) is 42.9 Å². The minimum Gasteiger partial charge on any atom is -0.497 e. The fourth-order valence-corrected chi connectivity index (χ4v) is 6.59. The summed E-state index contributed by atoms with van der Waals surface area (Å²) in [4.78, 5) is 15.5. The van der Waals surface area contributed by atoms with Gasteiger partial charge in [-0.2, -0.15) is 9.57 Å². The van der Waals surface area contributed by atoms with Gasteiger partial charge in [-0.3, -0.25) is 9.69 Å². The molecule has 0 bridgehead atoms. The molecule has 4 rings (SSSR count). The van der Waals surface area contributed by atoms with Crippen molar-refractivity contribution in [3.63, 3.8) is 0 Å². The summed E-state index contributed by atoms with van der Waals surface area (Å²) >= 11 is 0. The van der Waals surface area contributed by atoms with Crippen LogP contribution in [0.3, 0.4) is 0 Å². The lowest BCUT2D eigenvalue weighted by molar-refractivity contribution is -0.126. The number of hydrogen-bond acceptors (Lipinski definition) is 6. The molecule has 0 radical (unpaired) electrons. The lowest BCUT2D eigenvalue weighted by atomic mass is 9.97. The lowest BCUT2D eigenvalue weighted by Crippen LogP contribution is -2.44. The average Bonchev–Trinajstić information content (AvgIpc) is 3.43. The molecular weight excluding hydrogens is 464 g/mol. The van der Waals surface area contributed by atoms with Gasteiger partial charge in [0.1, 0.15) is 11.8 Å². The predicted octanol–water partition coefficient (Wildman–Crippen LogP) is 2.92. The van der Waals surface area contributed by atoms with Crippen LogP contribution in [0.4, 0.5) is 0 Å². The number of rotatable bonds is 8. The number of methoxy groups -OCH3 is 1. The monoisotopic (exact) mass is 496 g/mol. The quantitative estimate of drug-likeness (QED) is 0.603. The molecule has 2 fully saturated rings. The van der Waals surface area contributed by atoms with E-state index in [0.717, 1.165) is 37.2 Å². The number of piperidine rings is 1. The molecule has 9 heteroatoms. The Bertz CT molecular complexity index is 1180. The van der Waals surface area contributed by atoms with Gasteiger partial charge in [0.25, 0.3) is 0 Å². The third kappa shape index (κ3) is 5.67. The second kappa shape index (κ2) is 11.2. The van der Waals surface area contributed by atoms with Crippen LogP contribution in [0, 0.1) is 17.2 Å². The number of sulfonamides is 1. The van der Waals surface area contributed by atoms with Crippen LogP contribution in [0.25, 0.3) is 0 Å². The maximum atomic E-state index is 13.1. The molecule has 0 saturated carbocycles. The molecule has 2 aromatic rings. The van der Waals surface area contributed by atoms with Crippen LogP contribution in [0.15, 0.2) is 53.4 Å². The Labute approximate surface area is 207 Å². The van der Waals surface area contributed by atoms with Gasteiger partial charge < -0.3 is 10.1 Å². The van der Waals surface area contributed by atoms with Gasteiger partial charge in [-0.25, -0.2) is 8.42 Å². The summed E-state index contributed by atoms with van der Waals surface area (Å²) in [7, 11) is -2.12. The zero-order valence-electron chi connectivity index (χ0n) is 20.0. The zero-order chi connectivity index (χ0) is 24.8. The van der Waals surface area contributed by atoms with Crippen molar-refractivity contribution >= 4 is 15.9 Å². The van der Waals surface area contributed by atoms with E-state index in [1.54, 1.807) is 19.2 Å². The number of amides is 1. The first-order chi connectivity index (χ1) is 16.9. The van der Waals surface area contributed by atoms with Gasteiger partial charge in [0.05, 0.1) is 23.6 Å². The third-order valence-electron chi connectivity index (χ3n) is 6.98. The van der Waals surface area contributed by atoms with Crippen molar-refractivity contribution in [1.82, 2.24) is 14.5 Å². The maximum Gasteiger partial charge on any atom is 0.244 e. The Morgan fingerprint density at radius 3 is 2.51 bits per heavy atom. The van der Waals surface area contributed by atoms with Crippen LogP contribution in [0.5, 0.6) is 5.75 Å². The number of nitrogens with zero attached hydrogens (tertiary/aromatic N) is 3. The van der Waals surface area contributed by atoms with E-state index >= 15 is 0 Å². The summed E-state index contributed by atoms with van der Waals surface area (Å²) in [5.74, 6) is 0.522. The molecule has 2 saturated heterocycles. The number of carbonyl (C=O) groups excluding carboxylic acids is 1. The van der Waals surface area contributed by atoms with Crippen LogP contribution in [-0.2, 0) is 14.8 Å². The normalized spacial score (nSPS) is 18.6. The van der Waals surface area contributed by atoms with E-state index in [2.05, 4.69) is 16.3 Å². The van der Waals surface area contributed by atoms with Crippen LogP contribution < -0.4 is 10.1 Å². The minimum atomic E-state index is -3.77. The van der Waals surface area contributed by atoms with E-state index in [9.17, 15) is 18.5 Å². The number of likely N-dealkylation sites (tertiary alicyclic amines) is 1. The second-order valence-corrected chi connectivity index (χ2v) is 11.0. The van der Waals surface area contributed by atoms with Crippen LogP contribution in [0.2, 0.25) is 0 Å². The fraction of sp³-hybridized carbons (Fsp3) is 0.462. The molecule has 186 valence electrons. The van der Waals surface area contributed by atoms with Crippen LogP contribution >= 0.6 is 0 Å². The van der Waals surface area contributed by atoms with Crippen molar-refractivity contribution in [3.05, 3.63) is 59.7 Å². The Kier molecular flexibility index (Phi) is 8.06. The molecule has 1 amide bonds. The molecule has 2 aliphatic heterocycles. The standard InChI is InChI=1S/C26H32N4O4S/c1-34-23-9-6-8-21(17-23)24(29-13-4-5-14-29)19-28-26(31)20-11-15-30(16-12-20)35(32,33)25-10-3-2-7-22(25)18-27/h2-3,6-10,17,20,24H,4-5,11-16,19H2,1H3,(H,28,31). The first-order valence-corrected chi connectivity index (χ1v) is 13.5. The molecular formula is C26H32N4O4S. The largest absolute Gasteiger partial charge is 0.497 e. The van der Waals surface area contributed by atoms with E-state index in [1.807, 2.05) is 24.3 Å². The van der Waals surface area contributed by atoms with E-state index in [-0.39, 0.29) is 41.4 Å². The minimum absolute atomic E-state index is 0.0251. The summed E-state index contributed by atoms with van der Waals surface area (Å²) in [5, 5.41) is 12.4. The highest BCUT2D eigenvalue weighted by Crippen LogP contribution is 2.29. The van der Waals surface area contributed by atoms with Crippen molar-refractivity contribution < 1.29 is 17.9 Å². The van der Waals surface area contributed by atoms with Crippen molar-refractivity contribution in [1.29, 1.82) is 5.26 Å². The zero-order valence-corrected chi connectivity index (χ0v) is 20.8. The molecule has 1 N–H and O–H groups in total. The maximum absolute atomic E-state index is 13.1. The van der Waals surface area contributed by atoms with Crippen molar-refractivity contribution in [3.8, 4) is 11.8 Å². The van der Waals surface area contributed by atoms with Crippen molar-refractivity contribution in [2.75, 3.05) is 39.8 Å². The van der Waals surface area contributed by atoms with Gasteiger partial charge in [0.2, 0.25) is 15.9 Å².